The molecule has 0 amide bonds. The summed E-state index contributed by atoms with van der Waals surface area (Å²) in [6.07, 6.45) is 0. The minimum absolute atomic E-state index is 0.122. The van der Waals surface area contributed by atoms with E-state index in [1.165, 1.54) is 0 Å². The van der Waals surface area contributed by atoms with Gasteiger partial charge in [-0.05, 0) is 36.8 Å². The summed E-state index contributed by atoms with van der Waals surface area (Å²) < 4.78 is 46.3. The normalized spacial score (nSPS) is 11.1. The van der Waals surface area contributed by atoms with E-state index in [2.05, 4.69) is 4.98 Å². The van der Waals surface area contributed by atoms with Gasteiger partial charge in [-0.25, -0.2) is 18.6 Å². The van der Waals surface area contributed by atoms with E-state index in [4.69, 9.17) is 4.74 Å². The zero-order valence-corrected chi connectivity index (χ0v) is 14.1. The van der Waals surface area contributed by atoms with Gasteiger partial charge in [0.25, 0.3) is 0 Å². The van der Waals surface area contributed by atoms with Crippen molar-refractivity contribution < 1.29 is 22.7 Å². The Morgan fingerprint density at radius 3 is 2.41 bits per heavy atom. The topological polar surface area (TPSA) is 39.2 Å². The van der Waals surface area contributed by atoms with Crippen molar-refractivity contribution >= 4 is 27.8 Å². The number of hydrogen-bond donors (Lipinski definition) is 0. The summed E-state index contributed by atoms with van der Waals surface area (Å²) in [5.41, 5.74) is 1.94. The molecule has 0 aliphatic carbocycles. The predicted molar refractivity (Wildman–Crippen MR) is 95.3 cm³/mol. The number of fused-ring (bicyclic) bond motifs is 2. The third-order valence-electron chi connectivity index (χ3n) is 4.32. The summed E-state index contributed by atoms with van der Waals surface area (Å²) >= 11 is 0. The van der Waals surface area contributed by atoms with Crippen molar-refractivity contribution in [2.24, 2.45) is 0 Å². The van der Waals surface area contributed by atoms with E-state index in [9.17, 15) is 18.0 Å². The molecule has 0 N–H and O–H groups in total. The first-order valence-corrected chi connectivity index (χ1v) is 8.11. The fourth-order valence-electron chi connectivity index (χ4n) is 3.08. The molecule has 0 saturated heterocycles. The van der Waals surface area contributed by atoms with Crippen LogP contribution in [0.3, 0.4) is 0 Å². The fraction of sp³-hybridized carbons (Fsp3) is 0.0476. The van der Waals surface area contributed by atoms with E-state index >= 15 is 0 Å². The molecule has 0 aliphatic rings. The molecule has 4 rings (SSSR count). The summed E-state index contributed by atoms with van der Waals surface area (Å²) in [4.78, 5) is 17.4. The van der Waals surface area contributed by atoms with Gasteiger partial charge in [0, 0.05) is 10.8 Å². The van der Waals surface area contributed by atoms with Crippen LogP contribution in [0, 0.1) is 24.4 Å². The standard InChI is InChI=1S/C21H12F3NO2/c1-11-5-4-8-16-17(11)18(12-6-2-3-7-15(12)25-16)21(26)27-20-14(23)10-9-13(22)19(20)24/h2-10H,1H3. The highest BCUT2D eigenvalue weighted by molar-refractivity contribution is 6.15. The molecule has 3 aromatic carbocycles. The van der Waals surface area contributed by atoms with E-state index in [0.717, 1.165) is 5.56 Å². The zero-order valence-electron chi connectivity index (χ0n) is 14.1. The fourth-order valence-corrected chi connectivity index (χ4v) is 3.08. The Labute approximate surface area is 152 Å². The second-order valence-electron chi connectivity index (χ2n) is 6.03. The molecule has 0 fully saturated rings. The molecule has 4 aromatic rings. The van der Waals surface area contributed by atoms with E-state index < -0.39 is 29.2 Å². The van der Waals surface area contributed by atoms with Gasteiger partial charge in [0.2, 0.25) is 11.6 Å². The molecule has 27 heavy (non-hydrogen) atoms. The number of hydrogen-bond acceptors (Lipinski definition) is 3. The Kier molecular flexibility index (Phi) is 4.03. The minimum atomic E-state index is -1.55. The quantitative estimate of drug-likeness (QED) is 0.208. The van der Waals surface area contributed by atoms with Gasteiger partial charge in [-0.3, -0.25) is 0 Å². The molecule has 0 saturated carbocycles. The van der Waals surface area contributed by atoms with E-state index in [1.807, 2.05) is 0 Å². The summed E-state index contributed by atoms with van der Waals surface area (Å²) in [7, 11) is 0. The number of ether oxygens (including phenoxy) is 1. The molecule has 0 unspecified atom stereocenters. The van der Waals surface area contributed by atoms with Crippen LogP contribution in [0.25, 0.3) is 21.8 Å². The van der Waals surface area contributed by atoms with Crippen molar-refractivity contribution in [3.05, 3.63) is 83.2 Å². The molecular formula is C21H12F3NO2. The lowest BCUT2D eigenvalue weighted by atomic mass is 9.99. The number of carbonyl (C=O) groups is 1. The number of aryl methyl sites for hydroxylation is 1. The molecule has 1 heterocycles. The molecule has 0 atom stereocenters. The van der Waals surface area contributed by atoms with Crippen LogP contribution in [0.4, 0.5) is 13.2 Å². The van der Waals surface area contributed by atoms with Crippen LogP contribution in [-0.4, -0.2) is 11.0 Å². The molecule has 134 valence electrons. The lowest BCUT2D eigenvalue weighted by Gasteiger charge is -2.13. The van der Waals surface area contributed by atoms with Gasteiger partial charge in [-0.15, -0.1) is 0 Å². The van der Waals surface area contributed by atoms with Crippen LogP contribution in [0.5, 0.6) is 5.75 Å². The van der Waals surface area contributed by atoms with Crippen molar-refractivity contribution in [1.29, 1.82) is 0 Å². The van der Waals surface area contributed by atoms with Gasteiger partial charge in [-0.2, -0.15) is 4.39 Å². The number of nitrogens with zero attached hydrogens (tertiary/aromatic N) is 1. The van der Waals surface area contributed by atoms with Gasteiger partial charge in [0.1, 0.15) is 0 Å². The SMILES string of the molecule is Cc1cccc2nc3ccccc3c(C(=O)Oc3c(F)ccc(F)c3F)c12. The second-order valence-corrected chi connectivity index (χ2v) is 6.03. The maximum absolute atomic E-state index is 13.9. The third-order valence-corrected chi connectivity index (χ3v) is 4.32. The molecule has 0 bridgehead atoms. The first-order chi connectivity index (χ1) is 13.0. The third kappa shape index (κ3) is 2.79. The summed E-state index contributed by atoms with van der Waals surface area (Å²) in [5.74, 6) is -6.08. The average molecular weight is 367 g/mol. The first-order valence-electron chi connectivity index (χ1n) is 8.11. The monoisotopic (exact) mass is 367 g/mol. The Bertz CT molecular complexity index is 1220. The first kappa shape index (κ1) is 17.0. The van der Waals surface area contributed by atoms with Crippen molar-refractivity contribution in [2.45, 2.75) is 6.92 Å². The number of para-hydroxylation sites is 1. The van der Waals surface area contributed by atoms with Crippen molar-refractivity contribution in [3.8, 4) is 5.75 Å². The van der Waals surface area contributed by atoms with Crippen LogP contribution in [-0.2, 0) is 0 Å². The number of halogens is 3. The van der Waals surface area contributed by atoms with Crippen molar-refractivity contribution in [2.75, 3.05) is 0 Å². The number of aromatic nitrogens is 1. The molecule has 1 aromatic heterocycles. The summed E-state index contributed by atoms with van der Waals surface area (Å²) in [6.45, 7) is 1.79. The number of esters is 1. The van der Waals surface area contributed by atoms with Crippen LogP contribution in [0.15, 0.2) is 54.6 Å². The highest BCUT2D eigenvalue weighted by atomic mass is 19.2. The van der Waals surface area contributed by atoms with E-state index in [0.29, 0.717) is 33.9 Å². The Balaban J connectivity index is 1.97. The molecule has 6 heteroatoms. The van der Waals surface area contributed by atoms with E-state index in [1.54, 1.807) is 49.4 Å². The Hall–Kier alpha value is -3.41. The second kappa shape index (κ2) is 6.39. The Morgan fingerprint density at radius 1 is 0.889 bits per heavy atom. The summed E-state index contributed by atoms with van der Waals surface area (Å²) in [5, 5.41) is 0.986. The molecule has 0 radical (unpaired) electrons. The number of pyridine rings is 1. The molecule has 0 aliphatic heterocycles. The average Bonchev–Trinajstić information content (AvgIpc) is 2.66. The highest BCUT2D eigenvalue weighted by Crippen LogP contribution is 2.31. The summed E-state index contributed by atoms with van der Waals surface area (Å²) in [6, 6.07) is 13.5. The van der Waals surface area contributed by atoms with Gasteiger partial charge in [0.05, 0.1) is 16.6 Å². The molecular weight excluding hydrogens is 355 g/mol. The molecule has 3 nitrogen and oxygen atoms in total. The minimum Gasteiger partial charge on any atom is -0.416 e. The lowest BCUT2D eigenvalue weighted by Crippen LogP contribution is -2.13. The number of carbonyl (C=O) groups excluding carboxylic acids is 1. The van der Waals surface area contributed by atoms with Crippen LogP contribution in [0.1, 0.15) is 15.9 Å². The highest BCUT2D eigenvalue weighted by Gasteiger charge is 2.23. The zero-order chi connectivity index (χ0) is 19.1. The largest absolute Gasteiger partial charge is 0.416 e. The maximum atomic E-state index is 13.9. The lowest BCUT2D eigenvalue weighted by molar-refractivity contribution is 0.0723. The number of rotatable bonds is 2. The van der Waals surface area contributed by atoms with Gasteiger partial charge in [-0.1, -0.05) is 30.3 Å². The van der Waals surface area contributed by atoms with Crippen LogP contribution >= 0.6 is 0 Å². The maximum Gasteiger partial charge on any atom is 0.345 e. The number of benzene rings is 3. The van der Waals surface area contributed by atoms with Gasteiger partial charge in [0.15, 0.2) is 11.6 Å². The predicted octanol–water partition coefficient (Wildman–Crippen LogP) is 5.33. The van der Waals surface area contributed by atoms with Crippen LogP contribution in [0.2, 0.25) is 0 Å². The Morgan fingerprint density at radius 2 is 1.59 bits per heavy atom. The van der Waals surface area contributed by atoms with Crippen molar-refractivity contribution in [1.82, 2.24) is 4.98 Å². The van der Waals surface area contributed by atoms with Crippen LogP contribution < -0.4 is 4.74 Å². The van der Waals surface area contributed by atoms with E-state index in [-0.39, 0.29) is 5.56 Å². The molecule has 0 spiro atoms. The smallest absolute Gasteiger partial charge is 0.345 e. The van der Waals surface area contributed by atoms with Gasteiger partial charge < -0.3 is 4.74 Å². The van der Waals surface area contributed by atoms with Crippen molar-refractivity contribution in [3.63, 3.8) is 0 Å². The van der Waals surface area contributed by atoms with Gasteiger partial charge >= 0.3 is 5.97 Å².